The number of benzene rings is 1. The third kappa shape index (κ3) is 3.67. The molecule has 3 aromatic rings. The number of carbonyl (C=O) groups excluding carboxylic acids is 1. The molecule has 2 heterocycles. The van der Waals surface area contributed by atoms with Crippen molar-refractivity contribution in [2.75, 3.05) is 5.32 Å². The first-order chi connectivity index (χ1) is 13.2. The van der Waals surface area contributed by atoms with Gasteiger partial charge in [-0.2, -0.15) is 8.78 Å². The van der Waals surface area contributed by atoms with Crippen molar-refractivity contribution < 1.29 is 13.6 Å². The summed E-state index contributed by atoms with van der Waals surface area (Å²) in [6.07, 6.45) is 1.38. The van der Waals surface area contributed by atoms with Gasteiger partial charge in [0, 0.05) is 14.1 Å². The van der Waals surface area contributed by atoms with Crippen molar-refractivity contribution in [2.24, 2.45) is 14.1 Å². The normalized spacial score (nSPS) is 11.4. The molecule has 0 radical (unpaired) electrons. The summed E-state index contributed by atoms with van der Waals surface area (Å²) in [7, 11) is 3.02. The molecule has 12 heteroatoms. The topological polar surface area (TPSA) is 90.9 Å². The fraction of sp³-hybridized carbons (Fsp3) is 0.250. The maximum absolute atomic E-state index is 12.8. The Hall–Kier alpha value is -2.66. The van der Waals surface area contributed by atoms with Crippen LogP contribution < -0.4 is 16.6 Å². The molecule has 0 saturated heterocycles. The molecule has 1 amide bonds. The lowest BCUT2D eigenvalue weighted by Crippen LogP contribution is -2.42. The minimum Gasteiger partial charge on any atom is -0.328 e. The smallest absolute Gasteiger partial charge is 0.328 e. The number of halogens is 3. The second-order valence-corrected chi connectivity index (χ2v) is 7.21. The number of alkyl halides is 2. The van der Waals surface area contributed by atoms with Crippen LogP contribution in [0.1, 0.15) is 0 Å². The molecule has 148 valence electrons. The molecule has 0 atom stereocenters. The molecular formula is C16H14ClF2N5O3S. The van der Waals surface area contributed by atoms with Crippen LogP contribution in [-0.2, 0) is 25.4 Å². The van der Waals surface area contributed by atoms with E-state index in [1.54, 1.807) is 7.05 Å². The number of aromatic nitrogens is 4. The molecule has 28 heavy (non-hydrogen) atoms. The summed E-state index contributed by atoms with van der Waals surface area (Å²) in [5, 5.41) is 2.48. The Morgan fingerprint density at radius 1 is 1.32 bits per heavy atom. The number of hydrogen-bond acceptors (Lipinski definition) is 5. The molecule has 0 aliphatic rings. The van der Waals surface area contributed by atoms with E-state index in [0.717, 1.165) is 9.13 Å². The molecule has 0 bridgehead atoms. The molecule has 1 aromatic carbocycles. The summed E-state index contributed by atoms with van der Waals surface area (Å²) in [5.74, 6) is -3.48. The Labute approximate surface area is 165 Å². The van der Waals surface area contributed by atoms with Crippen molar-refractivity contribution in [1.29, 1.82) is 0 Å². The molecule has 3 rings (SSSR count). The average Bonchev–Trinajstić information content (AvgIpc) is 3.01. The molecular weight excluding hydrogens is 416 g/mol. The maximum Gasteiger partial charge on any atom is 0.332 e. The predicted octanol–water partition coefficient (Wildman–Crippen LogP) is 2.04. The highest BCUT2D eigenvalue weighted by atomic mass is 35.5. The number of nitrogens with one attached hydrogen (secondary N) is 1. The number of carbonyl (C=O) groups is 1. The number of anilines is 1. The number of thioether (sulfide) groups is 1. The Kier molecular flexibility index (Phi) is 5.57. The van der Waals surface area contributed by atoms with E-state index < -0.39 is 29.5 Å². The summed E-state index contributed by atoms with van der Waals surface area (Å²) in [6.45, 7) is -0.599. The first-order valence-electron chi connectivity index (χ1n) is 7.84. The van der Waals surface area contributed by atoms with Gasteiger partial charge in [0.15, 0.2) is 11.2 Å². The van der Waals surface area contributed by atoms with Gasteiger partial charge in [-0.1, -0.05) is 29.4 Å². The number of imidazole rings is 1. The Morgan fingerprint density at radius 2 is 2.04 bits per heavy atom. The fourth-order valence-electron chi connectivity index (χ4n) is 2.69. The Balaban J connectivity index is 1.95. The van der Waals surface area contributed by atoms with Gasteiger partial charge in [0.25, 0.3) is 11.3 Å². The van der Waals surface area contributed by atoms with Crippen LogP contribution in [0.4, 0.5) is 14.5 Å². The van der Waals surface area contributed by atoms with Crippen LogP contribution in [0, 0.1) is 0 Å². The van der Waals surface area contributed by atoms with E-state index in [4.69, 9.17) is 11.6 Å². The van der Waals surface area contributed by atoms with Crippen molar-refractivity contribution in [3.63, 3.8) is 0 Å². The van der Waals surface area contributed by atoms with E-state index >= 15 is 0 Å². The fourth-order valence-corrected chi connectivity index (χ4v) is 3.60. The summed E-state index contributed by atoms with van der Waals surface area (Å²) < 4.78 is 28.9. The van der Waals surface area contributed by atoms with Crippen LogP contribution in [0.2, 0.25) is 5.02 Å². The van der Waals surface area contributed by atoms with E-state index in [1.165, 1.54) is 36.1 Å². The predicted molar refractivity (Wildman–Crippen MR) is 102 cm³/mol. The van der Waals surface area contributed by atoms with E-state index in [0.29, 0.717) is 0 Å². The van der Waals surface area contributed by atoms with Crippen molar-refractivity contribution in [3.05, 3.63) is 50.4 Å². The summed E-state index contributed by atoms with van der Waals surface area (Å²) in [4.78, 5) is 41.5. The van der Waals surface area contributed by atoms with E-state index in [1.807, 2.05) is 0 Å². The number of aryl methyl sites for hydroxylation is 2. The van der Waals surface area contributed by atoms with E-state index in [2.05, 4.69) is 10.3 Å². The second kappa shape index (κ2) is 7.76. The number of nitrogens with zero attached hydrogens (tertiary/aromatic N) is 4. The van der Waals surface area contributed by atoms with Gasteiger partial charge in [0.05, 0.1) is 21.9 Å². The van der Waals surface area contributed by atoms with Crippen LogP contribution >= 0.6 is 23.4 Å². The van der Waals surface area contributed by atoms with Gasteiger partial charge < -0.3 is 9.88 Å². The van der Waals surface area contributed by atoms with Gasteiger partial charge >= 0.3 is 5.69 Å². The summed E-state index contributed by atoms with van der Waals surface area (Å²) >= 11 is 6.12. The van der Waals surface area contributed by atoms with Gasteiger partial charge in [0.1, 0.15) is 6.54 Å². The minimum absolute atomic E-state index is 0.00477. The molecule has 0 spiro atoms. The minimum atomic E-state index is -2.74. The van der Waals surface area contributed by atoms with Gasteiger partial charge in [-0.15, -0.1) is 0 Å². The molecule has 2 aromatic heterocycles. The van der Waals surface area contributed by atoms with Crippen molar-refractivity contribution >= 4 is 46.1 Å². The van der Waals surface area contributed by atoms with Crippen molar-refractivity contribution in [1.82, 2.24) is 18.7 Å². The summed E-state index contributed by atoms with van der Waals surface area (Å²) in [5.41, 5.74) is -0.985. The molecule has 0 aliphatic heterocycles. The van der Waals surface area contributed by atoms with Gasteiger partial charge in [-0.25, -0.2) is 14.3 Å². The number of hydrogen-bond donors (Lipinski definition) is 1. The van der Waals surface area contributed by atoms with Crippen molar-refractivity contribution in [2.45, 2.75) is 17.2 Å². The first-order valence-corrected chi connectivity index (χ1v) is 9.10. The van der Waals surface area contributed by atoms with Crippen LogP contribution in [0.15, 0.2) is 39.0 Å². The zero-order chi connectivity index (χ0) is 20.6. The van der Waals surface area contributed by atoms with Gasteiger partial charge in [-0.3, -0.25) is 14.2 Å². The highest BCUT2D eigenvalue weighted by Gasteiger charge is 2.19. The third-order valence-electron chi connectivity index (χ3n) is 3.95. The highest BCUT2D eigenvalue weighted by Crippen LogP contribution is 2.37. The van der Waals surface area contributed by atoms with Crippen molar-refractivity contribution in [3.8, 4) is 0 Å². The number of fused-ring (bicyclic) bond motifs is 1. The average molecular weight is 430 g/mol. The first kappa shape index (κ1) is 20.1. The Morgan fingerprint density at radius 3 is 2.71 bits per heavy atom. The lowest BCUT2D eigenvalue weighted by Gasteiger charge is -2.13. The molecule has 0 unspecified atom stereocenters. The number of rotatable bonds is 5. The van der Waals surface area contributed by atoms with Crippen LogP contribution in [0.5, 0.6) is 0 Å². The van der Waals surface area contributed by atoms with Crippen LogP contribution in [0.3, 0.4) is 0 Å². The Bertz CT molecular complexity index is 1190. The summed E-state index contributed by atoms with van der Waals surface area (Å²) in [6, 6.07) is 4.30. The number of amides is 1. The molecule has 0 aliphatic carbocycles. The SMILES string of the molecule is Cn1cnc2c1c(=O)n(CC(=O)Nc1cccc(Cl)c1SC(F)F)c(=O)n2C. The third-order valence-corrected chi connectivity index (χ3v) is 5.23. The lowest BCUT2D eigenvalue weighted by atomic mass is 10.3. The van der Waals surface area contributed by atoms with Gasteiger partial charge in [0.2, 0.25) is 5.91 Å². The maximum atomic E-state index is 12.8. The molecule has 8 nitrogen and oxygen atoms in total. The quantitative estimate of drug-likeness (QED) is 0.627. The highest BCUT2D eigenvalue weighted by molar-refractivity contribution is 7.99. The van der Waals surface area contributed by atoms with Gasteiger partial charge in [-0.05, 0) is 12.1 Å². The molecule has 0 saturated carbocycles. The molecule has 1 N–H and O–H groups in total. The van der Waals surface area contributed by atoms with Crippen LogP contribution in [0.25, 0.3) is 11.2 Å². The monoisotopic (exact) mass is 429 g/mol. The second-order valence-electron chi connectivity index (χ2n) is 5.80. The van der Waals surface area contributed by atoms with E-state index in [-0.39, 0.29) is 38.5 Å². The largest absolute Gasteiger partial charge is 0.332 e. The van der Waals surface area contributed by atoms with Crippen LogP contribution in [-0.4, -0.2) is 30.3 Å². The zero-order valence-corrected chi connectivity index (χ0v) is 16.2. The standard InChI is InChI=1S/C16H14ClF2N5O3S/c1-22-7-20-13-11(22)14(26)24(16(27)23(13)2)6-10(25)21-9-5-3-4-8(17)12(9)28-15(18)19/h3-5,7,15H,6H2,1-2H3,(H,21,25). The molecule has 0 fully saturated rings. The lowest BCUT2D eigenvalue weighted by molar-refractivity contribution is -0.116. The zero-order valence-electron chi connectivity index (χ0n) is 14.6. The van der Waals surface area contributed by atoms with E-state index in [9.17, 15) is 23.2 Å².